The molecular formula is C15H17NO2S. The summed E-state index contributed by atoms with van der Waals surface area (Å²) in [4.78, 5) is 4.61. The summed E-state index contributed by atoms with van der Waals surface area (Å²) in [6.45, 7) is 1.55. The highest BCUT2D eigenvalue weighted by atomic mass is 32.1. The average molecular weight is 275 g/mol. The van der Waals surface area contributed by atoms with E-state index in [0.717, 1.165) is 36.8 Å². The molecule has 3 rings (SSSR count). The maximum atomic E-state index is 9.22. The smallest absolute Gasteiger partial charge is 0.104 e. The number of rotatable bonds is 3. The summed E-state index contributed by atoms with van der Waals surface area (Å²) in [5.41, 5.74) is 2.02. The summed E-state index contributed by atoms with van der Waals surface area (Å²) in [6, 6.07) is 10.5. The maximum absolute atomic E-state index is 9.22. The molecule has 19 heavy (non-hydrogen) atoms. The van der Waals surface area contributed by atoms with Crippen molar-refractivity contribution in [2.45, 2.75) is 24.9 Å². The van der Waals surface area contributed by atoms with Crippen LogP contribution in [0.2, 0.25) is 0 Å². The normalized spacial score (nSPS) is 18.4. The lowest BCUT2D eigenvalue weighted by atomic mass is 9.74. The largest absolute Gasteiger partial charge is 0.390 e. The van der Waals surface area contributed by atoms with Gasteiger partial charge in [0.05, 0.1) is 17.7 Å². The Hall–Kier alpha value is -1.23. The molecule has 4 heteroatoms. The van der Waals surface area contributed by atoms with E-state index in [2.05, 4.69) is 29.2 Å². The van der Waals surface area contributed by atoms with E-state index < -0.39 is 0 Å². The lowest BCUT2D eigenvalue weighted by Gasteiger charge is -2.36. The first-order chi connectivity index (χ1) is 9.35. The number of thiazole rings is 1. The lowest BCUT2D eigenvalue weighted by molar-refractivity contribution is 0.0629. The number of ether oxygens (including phenoxy) is 1. The van der Waals surface area contributed by atoms with Gasteiger partial charge in [0.1, 0.15) is 5.01 Å². The predicted octanol–water partition coefficient (Wildman–Crippen LogP) is 2.73. The molecule has 1 aromatic heterocycles. The molecule has 1 aliphatic heterocycles. The van der Waals surface area contributed by atoms with Gasteiger partial charge in [-0.2, -0.15) is 0 Å². The summed E-state index contributed by atoms with van der Waals surface area (Å²) in [7, 11) is 0. The zero-order valence-electron chi connectivity index (χ0n) is 10.7. The van der Waals surface area contributed by atoms with Gasteiger partial charge in [0.25, 0.3) is 0 Å². The molecule has 1 aliphatic rings. The summed E-state index contributed by atoms with van der Waals surface area (Å²) < 4.78 is 5.53. The fraction of sp³-hybridized carbons (Fsp3) is 0.400. The molecule has 0 atom stereocenters. The van der Waals surface area contributed by atoms with E-state index in [4.69, 9.17) is 4.74 Å². The van der Waals surface area contributed by atoms with Crippen LogP contribution in [0.15, 0.2) is 35.7 Å². The number of benzene rings is 1. The standard InChI is InChI=1S/C15H17NO2S/c17-10-13-11-19-14(16-13)15(6-8-18-9-7-15)12-4-2-1-3-5-12/h1-5,11,17H,6-10H2. The van der Waals surface area contributed by atoms with Crippen LogP contribution in [0.5, 0.6) is 0 Å². The summed E-state index contributed by atoms with van der Waals surface area (Å²) in [6.07, 6.45) is 1.91. The molecule has 3 nitrogen and oxygen atoms in total. The Labute approximate surface area is 116 Å². The summed E-state index contributed by atoms with van der Waals surface area (Å²) in [5, 5.41) is 12.3. The Morgan fingerprint density at radius 2 is 1.95 bits per heavy atom. The third-order valence-electron chi connectivity index (χ3n) is 3.80. The van der Waals surface area contributed by atoms with E-state index in [1.165, 1.54) is 5.56 Å². The van der Waals surface area contributed by atoms with Gasteiger partial charge in [-0.05, 0) is 18.4 Å². The number of aliphatic hydroxyl groups excluding tert-OH is 1. The molecule has 0 saturated carbocycles. The van der Waals surface area contributed by atoms with Crippen LogP contribution in [0.25, 0.3) is 0 Å². The second-order valence-corrected chi connectivity index (χ2v) is 5.72. The van der Waals surface area contributed by atoms with Crippen LogP contribution < -0.4 is 0 Å². The number of hydrogen-bond donors (Lipinski definition) is 1. The Bertz CT molecular complexity index is 532. The minimum absolute atomic E-state index is 0.0118. The van der Waals surface area contributed by atoms with Crippen molar-refractivity contribution in [3.05, 3.63) is 52.0 Å². The fourth-order valence-electron chi connectivity index (χ4n) is 2.70. The number of nitrogens with zero attached hydrogens (tertiary/aromatic N) is 1. The molecule has 2 aromatic rings. The van der Waals surface area contributed by atoms with Crippen LogP contribution in [0, 0.1) is 0 Å². The van der Waals surface area contributed by atoms with Crippen molar-refractivity contribution in [1.82, 2.24) is 4.98 Å². The SMILES string of the molecule is OCc1csc(C2(c3ccccc3)CCOCC2)n1. The Kier molecular flexibility index (Phi) is 3.64. The van der Waals surface area contributed by atoms with Gasteiger partial charge < -0.3 is 9.84 Å². The van der Waals surface area contributed by atoms with Crippen molar-refractivity contribution >= 4 is 11.3 Å². The second-order valence-electron chi connectivity index (χ2n) is 4.86. The van der Waals surface area contributed by atoms with Crippen molar-refractivity contribution < 1.29 is 9.84 Å². The molecule has 0 aliphatic carbocycles. The molecule has 1 aromatic carbocycles. The van der Waals surface area contributed by atoms with E-state index in [1.54, 1.807) is 11.3 Å². The Balaban J connectivity index is 2.06. The van der Waals surface area contributed by atoms with Gasteiger partial charge in [-0.3, -0.25) is 0 Å². The van der Waals surface area contributed by atoms with Crippen LogP contribution in [-0.4, -0.2) is 23.3 Å². The number of hydrogen-bond acceptors (Lipinski definition) is 4. The highest BCUT2D eigenvalue weighted by molar-refractivity contribution is 7.09. The molecular weight excluding hydrogens is 258 g/mol. The molecule has 0 radical (unpaired) electrons. The average Bonchev–Trinajstić information content (AvgIpc) is 2.98. The maximum Gasteiger partial charge on any atom is 0.104 e. The van der Waals surface area contributed by atoms with E-state index in [-0.39, 0.29) is 12.0 Å². The molecule has 0 bridgehead atoms. The second kappa shape index (κ2) is 5.41. The van der Waals surface area contributed by atoms with Gasteiger partial charge in [-0.25, -0.2) is 4.98 Å². The molecule has 2 heterocycles. The van der Waals surface area contributed by atoms with Gasteiger partial charge in [0, 0.05) is 18.6 Å². The van der Waals surface area contributed by atoms with E-state index in [1.807, 2.05) is 11.4 Å². The molecule has 1 N–H and O–H groups in total. The number of aromatic nitrogens is 1. The van der Waals surface area contributed by atoms with Crippen molar-refractivity contribution in [3.8, 4) is 0 Å². The van der Waals surface area contributed by atoms with E-state index in [9.17, 15) is 5.11 Å². The predicted molar refractivity (Wildman–Crippen MR) is 75.3 cm³/mol. The molecule has 1 fully saturated rings. The van der Waals surface area contributed by atoms with E-state index in [0.29, 0.717) is 0 Å². The first-order valence-electron chi connectivity index (χ1n) is 6.54. The quantitative estimate of drug-likeness (QED) is 0.936. The number of aliphatic hydroxyl groups is 1. The first-order valence-corrected chi connectivity index (χ1v) is 7.42. The molecule has 1 saturated heterocycles. The highest BCUT2D eigenvalue weighted by Gasteiger charge is 2.38. The lowest BCUT2D eigenvalue weighted by Crippen LogP contribution is -2.35. The summed E-state index contributed by atoms with van der Waals surface area (Å²) >= 11 is 1.65. The minimum atomic E-state index is -0.0441. The minimum Gasteiger partial charge on any atom is -0.390 e. The highest BCUT2D eigenvalue weighted by Crippen LogP contribution is 2.42. The van der Waals surface area contributed by atoms with Crippen LogP contribution in [0.3, 0.4) is 0 Å². The van der Waals surface area contributed by atoms with Gasteiger partial charge in [0.2, 0.25) is 0 Å². The molecule has 100 valence electrons. The third kappa shape index (κ3) is 2.31. The van der Waals surface area contributed by atoms with Crippen molar-refractivity contribution in [2.75, 3.05) is 13.2 Å². The van der Waals surface area contributed by atoms with Crippen LogP contribution in [-0.2, 0) is 16.8 Å². The van der Waals surface area contributed by atoms with Crippen molar-refractivity contribution in [2.24, 2.45) is 0 Å². The molecule has 0 unspecified atom stereocenters. The van der Waals surface area contributed by atoms with Crippen LogP contribution >= 0.6 is 11.3 Å². The zero-order chi connectivity index (χ0) is 13.1. The zero-order valence-corrected chi connectivity index (χ0v) is 11.5. The topological polar surface area (TPSA) is 42.4 Å². The molecule has 0 amide bonds. The fourth-order valence-corrected chi connectivity index (χ4v) is 3.79. The van der Waals surface area contributed by atoms with E-state index >= 15 is 0 Å². The van der Waals surface area contributed by atoms with Crippen LogP contribution in [0.4, 0.5) is 0 Å². The summed E-state index contributed by atoms with van der Waals surface area (Å²) in [5.74, 6) is 0. The first kappa shape index (κ1) is 12.8. The van der Waals surface area contributed by atoms with Gasteiger partial charge in [-0.1, -0.05) is 30.3 Å². The third-order valence-corrected chi connectivity index (χ3v) is 4.89. The Morgan fingerprint density at radius 1 is 1.21 bits per heavy atom. The molecule has 0 spiro atoms. The van der Waals surface area contributed by atoms with Gasteiger partial charge >= 0.3 is 0 Å². The van der Waals surface area contributed by atoms with Gasteiger partial charge in [0.15, 0.2) is 0 Å². The van der Waals surface area contributed by atoms with Crippen molar-refractivity contribution in [3.63, 3.8) is 0 Å². The van der Waals surface area contributed by atoms with Gasteiger partial charge in [-0.15, -0.1) is 11.3 Å². The monoisotopic (exact) mass is 275 g/mol. The Morgan fingerprint density at radius 3 is 2.58 bits per heavy atom. The van der Waals surface area contributed by atoms with Crippen molar-refractivity contribution in [1.29, 1.82) is 0 Å². The van der Waals surface area contributed by atoms with Crippen LogP contribution in [0.1, 0.15) is 29.1 Å².